The van der Waals surface area contributed by atoms with Crippen LogP contribution >= 0.6 is 0 Å². The highest BCUT2D eigenvalue weighted by molar-refractivity contribution is 6.17. The topological polar surface area (TPSA) is 48.8 Å². The van der Waals surface area contributed by atoms with E-state index in [2.05, 4.69) is 197 Å². The fraction of sp³-hybridized carbons (Fsp3) is 0. The molecular weight excluding hydrogens is 769 g/mol. The normalized spacial score (nSPS) is 12.1. The third-order valence-corrected chi connectivity index (χ3v) is 13.1. The van der Waals surface area contributed by atoms with Crippen molar-refractivity contribution in [2.75, 3.05) is 0 Å². The Morgan fingerprint density at radius 1 is 0.349 bits per heavy atom. The molecule has 0 unspecified atom stereocenters. The smallest absolute Gasteiger partial charge is 0.164 e. The van der Waals surface area contributed by atoms with Gasteiger partial charge in [-0.2, -0.15) is 0 Å². The monoisotopic (exact) mass is 802 g/mol. The van der Waals surface area contributed by atoms with E-state index >= 15 is 0 Å². The highest BCUT2D eigenvalue weighted by Gasteiger charge is 2.21. The number of benzene rings is 10. The van der Waals surface area contributed by atoms with Crippen molar-refractivity contribution in [3.05, 3.63) is 206 Å². The molecule has 14 rings (SSSR count). The highest BCUT2D eigenvalue weighted by atomic mass is 16.3. The van der Waals surface area contributed by atoms with Crippen LogP contribution in [0.25, 0.3) is 132 Å². The summed E-state index contributed by atoms with van der Waals surface area (Å²) < 4.78 is 11.4. The lowest BCUT2D eigenvalue weighted by atomic mass is 9.97. The molecule has 0 spiro atoms. The van der Waals surface area contributed by atoms with E-state index in [1.54, 1.807) is 0 Å². The van der Waals surface area contributed by atoms with Crippen LogP contribution in [0.5, 0.6) is 0 Å². The second kappa shape index (κ2) is 13.0. The standard InChI is InChI=1S/C58H34N4O/c1-2-15-36-33-53-48(32-35(36)14-1)42-31-30-37(61-50-26-8-4-16-40(50)41-17-5-9-27-51(41)61)34-54(42)62(53)52-28-13-20-38-39(52)21-11-22-44(38)56-46-19-3-7-25-49(46)59-58(60-56)47-24-12-23-45-43-18-6-10-29-55(43)63-57(45)47/h1-34H. The van der Waals surface area contributed by atoms with Gasteiger partial charge in [0.1, 0.15) is 11.2 Å². The van der Waals surface area contributed by atoms with Crippen molar-refractivity contribution in [3.8, 4) is 34.0 Å². The average Bonchev–Trinajstić information content (AvgIpc) is 4.00. The minimum Gasteiger partial charge on any atom is -0.455 e. The molecule has 63 heavy (non-hydrogen) atoms. The van der Waals surface area contributed by atoms with Crippen molar-refractivity contribution in [3.63, 3.8) is 0 Å². The molecule has 0 atom stereocenters. The fourth-order valence-electron chi connectivity index (χ4n) is 10.3. The Kier molecular flexibility index (Phi) is 7.05. The number of hydrogen-bond donors (Lipinski definition) is 0. The summed E-state index contributed by atoms with van der Waals surface area (Å²) in [5, 5.41) is 12.7. The van der Waals surface area contributed by atoms with Crippen LogP contribution < -0.4 is 0 Å². The quantitative estimate of drug-likeness (QED) is 0.178. The number of aromatic nitrogens is 4. The molecule has 0 saturated carbocycles. The van der Waals surface area contributed by atoms with Crippen LogP contribution in [0.3, 0.4) is 0 Å². The molecule has 4 aromatic heterocycles. The zero-order valence-corrected chi connectivity index (χ0v) is 33.8. The zero-order chi connectivity index (χ0) is 41.2. The molecule has 0 amide bonds. The number of fused-ring (bicyclic) bond motifs is 12. The van der Waals surface area contributed by atoms with Gasteiger partial charge in [0.15, 0.2) is 5.82 Å². The largest absolute Gasteiger partial charge is 0.455 e. The van der Waals surface area contributed by atoms with Crippen molar-refractivity contribution in [2.45, 2.75) is 0 Å². The van der Waals surface area contributed by atoms with Crippen LogP contribution in [0.4, 0.5) is 0 Å². The lowest BCUT2D eigenvalue weighted by Gasteiger charge is -2.16. The molecule has 292 valence electrons. The van der Waals surface area contributed by atoms with Gasteiger partial charge in [-0.05, 0) is 76.8 Å². The number of hydrogen-bond acceptors (Lipinski definition) is 3. The minimum atomic E-state index is 0.633. The second-order valence-electron chi connectivity index (χ2n) is 16.5. The summed E-state index contributed by atoms with van der Waals surface area (Å²) in [6.45, 7) is 0. The van der Waals surface area contributed by atoms with Gasteiger partial charge in [-0.15, -0.1) is 0 Å². The Hall–Kier alpha value is -8.54. The van der Waals surface area contributed by atoms with Crippen LogP contribution in [-0.2, 0) is 0 Å². The second-order valence-corrected chi connectivity index (χ2v) is 16.5. The van der Waals surface area contributed by atoms with E-state index < -0.39 is 0 Å². The molecule has 0 radical (unpaired) electrons. The van der Waals surface area contributed by atoms with Crippen LogP contribution in [0.1, 0.15) is 0 Å². The molecule has 10 aromatic carbocycles. The third kappa shape index (κ3) is 4.93. The van der Waals surface area contributed by atoms with Crippen molar-refractivity contribution in [1.29, 1.82) is 0 Å². The Bertz CT molecular complexity index is 4170. The predicted molar refractivity (Wildman–Crippen MR) is 261 cm³/mol. The molecule has 0 fully saturated rings. The van der Waals surface area contributed by atoms with E-state index in [4.69, 9.17) is 14.4 Å². The van der Waals surface area contributed by atoms with Crippen molar-refractivity contribution >= 4 is 98.0 Å². The van der Waals surface area contributed by atoms with Gasteiger partial charge in [0.05, 0.1) is 44.5 Å². The molecule has 0 saturated heterocycles. The molecule has 4 heterocycles. The maximum absolute atomic E-state index is 6.51. The average molecular weight is 803 g/mol. The maximum atomic E-state index is 6.51. The first-order valence-corrected chi connectivity index (χ1v) is 21.4. The van der Waals surface area contributed by atoms with Gasteiger partial charge >= 0.3 is 0 Å². The minimum absolute atomic E-state index is 0.633. The van der Waals surface area contributed by atoms with Crippen LogP contribution in [0.15, 0.2) is 211 Å². The summed E-state index contributed by atoms with van der Waals surface area (Å²) in [7, 11) is 0. The Morgan fingerprint density at radius 3 is 1.78 bits per heavy atom. The van der Waals surface area contributed by atoms with Gasteiger partial charge in [-0.3, -0.25) is 0 Å². The molecule has 14 aromatic rings. The number of rotatable bonds is 4. The van der Waals surface area contributed by atoms with Crippen LogP contribution in [-0.4, -0.2) is 19.1 Å². The summed E-state index contributed by atoms with van der Waals surface area (Å²) in [5.41, 5.74) is 12.2. The molecule has 0 aliphatic rings. The van der Waals surface area contributed by atoms with Crippen molar-refractivity contribution in [1.82, 2.24) is 19.1 Å². The van der Waals surface area contributed by atoms with E-state index in [-0.39, 0.29) is 0 Å². The van der Waals surface area contributed by atoms with Gasteiger partial charge < -0.3 is 13.6 Å². The molecular formula is C58H34N4O. The summed E-state index contributed by atoms with van der Waals surface area (Å²) >= 11 is 0. The zero-order valence-electron chi connectivity index (χ0n) is 33.8. The number of nitrogens with zero attached hydrogens (tertiary/aromatic N) is 4. The molecule has 0 bridgehead atoms. The molecule has 0 aliphatic carbocycles. The SMILES string of the molecule is c1ccc2cc3c(cc2c1)c1ccc(-n2c4ccccc4c4ccccc42)cc1n3-c1cccc2c(-c3nc(-c4cccc5c4oc4ccccc45)nc4ccccc34)cccc12. The highest BCUT2D eigenvalue weighted by Crippen LogP contribution is 2.42. The van der Waals surface area contributed by atoms with Gasteiger partial charge in [0, 0.05) is 54.3 Å². The van der Waals surface area contributed by atoms with E-state index in [1.165, 1.54) is 43.4 Å². The number of furan rings is 1. The van der Waals surface area contributed by atoms with Crippen molar-refractivity contribution in [2.24, 2.45) is 0 Å². The van der Waals surface area contributed by atoms with Gasteiger partial charge in [-0.1, -0.05) is 146 Å². The maximum Gasteiger partial charge on any atom is 0.164 e. The molecule has 5 heteroatoms. The summed E-state index contributed by atoms with van der Waals surface area (Å²) in [4.78, 5) is 10.6. The predicted octanol–water partition coefficient (Wildman–Crippen LogP) is 15.4. The summed E-state index contributed by atoms with van der Waals surface area (Å²) in [6.07, 6.45) is 0. The van der Waals surface area contributed by atoms with E-state index in [9.17, 15) is 0 Å². The Labute approximate surface area is 360 Å². The fourth-order valence-corrected chi connectivity index (χ4v) is 10.3. The van der Waals surface area contributed by atoms with E-state index in [0.717, 1.165) is 82.8 Å². The van der Waals surface area contributed by atoms with E-state index in [0.29, 0.717) is 5.82 Å². The summed E-state index contributed by atoms with van der Waals surface area (Å²) in [6, 6.07) is 73.9. The van der Waals surface area contributed by atoms with Gasteiger partial charge in [0.2, 0.25) is 0 Å². The van der Waals surface area contributed by atoms with Crippen LogP contribution in [0.2, 0.25) is 0 Å². The van der Waals surface area contributed by atoms with Gasteiger partial charge in [-0.25, -0.2) is 9.97 Å². The van der Waals surface area contributed by atoms with Gasteiger partial charge in [0.25, 0.3) is 0 Å². The van der Waals surface area contributed by atoms with Crippen LogP contribution in [0, 0.1) is 0 Å². The Balaban J connectivity index is 1.04. The first-order chi connectivity index (χ1) is 31.2. The Morgan fingerprint density at radius 2 is 0.952 bits per heavy atom. The third-order valence-electron chi connectivity index (χ3n) is 13.1. The number of para-hydroxylation sites is 5. The molecule has 0 aliphatic heterocycles. The van der Waals surface area contributed by atoms with Crippen molar-refractivity contribution < 1.29 is 4.42 Å². The molecule has 5 nitrogen and oxygen atoms in total. The van der Waals surface area contributed by atoms with E-state index in [1.807, 2.05) is 18.2 Å². The summed E-state index contributed by atoms with van der Waals surface area (Å²) in [5.74, 6) is 0.633. The molecule has 0 N–H and O–H groups in total. The first kappa shape index (κ1) is 34.2. The first-order valence-electron chi connectivity index (χ1n) is 21.4. The lowest BCUT2D eigenvalue weighted by Crippen LogP contribution is -1.99. The lowest BCUT2D eigenvalue weighted by molar-refractivity contribution is 0.669.